The zero-order chi connectivity index (χ0) is 20.3. The fourth-order valence-electron chi connectivity index (χ4n) is 1.78. The molecule has 3 unspecified atom stereocenters. The van der Waals surface area contributed by atoms with Crippen molar-refractivity contribution >= 4 is 42.3 Å². The van der Waals surface area contributed by atoms with E-state index in [0.717, 1.165) is 0 Å². The van der Waals surface area contributed by atoms with Gasteiger partial charge in [0.25, 0.3) is 0 Å². The first-order chi connectivity index (χ1) is 12.1. The van der Waals surface area contributed by atoms with E-state index >= 15 is 0 Å². The fourth-order valence-corrected chi connectivity index (χ4v) is 1.94. The molecule has 0 radical (unpaired) electrons. The Kier molecular flexibility index (Phi) is 10.8. The molecule has 0 rings (SSSR count). The van der Waals surface area contributed by atoms with Gasteiger partial charge >= 0.3 is 11.9 Å². The largest absolute Gasteiger partial charge is 0.481 e. The van der Waals surface area contributed by atoms with E-state index in [2.05, 4.69) is 28.3 Å². The Balaban J connectivity index is 4.93. The summed E-state index contributed by atoms with van der Waals surface area (Å²) in [4.78, 5) is 49.8. The van der Waals surface area contributed by atoms with E-state index in [0.29, 0.717) is 0 Å². The number of rotatable bonds is 12. The average Bonchev–Trinajstić information content (AvgIpc) is 2.54. The molecule has 0 saturated heterocycles. The Bertz CT molecular complexity index is 553. The summed E-state index contributed by atoms with van der Waals surface area (Å²) in [5.74, 6) is -4.58. The van der Waals surface area contributed by atoms with Crippen LogP contribution in [0.3, 0.4) is 0 Å². The predicted molar refractivity (Wildman–Crippen MR) is 95.5 cm³/mol. The quantitative estimate of drug-likeness (QED) is 0.0724. The Hall–Kier alpha value is -2.54. The highest BCUT2D eigenvalue weighted by molar-refractivity contribution is 7.80. The predicted octanol–water partition coefficient (Wildman–Crippen LogP) is -3.17. The lowest BCUT2D eigenvalue weighted by Crippen LogP contribution is -2.55. The van der Waals surface area contributed by atoms with Crippen LogP contribution in [0.4, 0.5) is 0 Å². The highest BCUT2D eigenvalue weighted by Gasteiger charge is 2.29. The van der Waals surface area contributed by atoms with Crippen LogP contribution in [0, 0.1) is 0 Å². The van der Waals surface area contributed by atoms with Gasteiger partial charge in [-0.15, -0.1) is 0 Å². The topological polar surface area (TPSA) is 223 Å². The van der Waals surface area contributed by atoms with Crippen LogP contribution in [0.25, 0.3) is 0 Å². The Morgan fingerprint density at radius 2 is 1.62 bits per heavy atom. The van der Waals surface area contributed by atoms with Crippen LogP contribution in [0.15, 0.2) is 4.99 Å². The van der Waals surface area contributed by atoms with Crippen molar-refractivity contribution in [2.75, 3.05) is 12.3 Å². The molecule has 2 amide bonds. The molecule has 0 heterocycles. The van der Waals surface area contributed by atoms with E-state index in [4.69, 9.17) is 27.4 Å². The third-order valence-corrected chi connectivity index (χ3v) is 3.50. The number of nitrogens with one attached hydrogen (secondary N) is 2. The van der Waals surface area contributed by atoms with Gasteiger partial charge in [0.1, 0.15) is 12.1 Å². The van der Waals surface area contributed by atoms with Crippen molar-refractivity contribution in [3.8, 4) is 0 Å². The van der Waals surface area contributed by atoms with Crippen molar-refractivity contribution in [2.24, 2.45) is 22.2 Å². The number of aliphatic imine (C=N–C) groups is 1. The molecule has 0 bridgehead atoms. The van der Waals surface area contributed by atoms with Crippen molar-refractivity contribution in [2.45, 2.75) is 37.4 Å². The number of carbonyl (C=O) groups excluding carboxylic acids is 2. The standard InChI is InChI=1S/C13H24N6O6S/c14-6(5-26)10(22)19-8(4-9(20)21)11(23)18-7(12(24)25)2-1-3-17-13(15)16/h6-8,26H,1-5,14H2,(H,18,23)(H,19,22)(H,20,21)(H,24,25)(H4,15,16,17). The number of thiol groups is 1. The number of aliphatic carboxylic acids is 2. The summed E-state index contributed by atoms with van der Waals surface area (Å²) < 4.78 is 0. The molecular formula is C13H24N6O6S. The number of hydrogen-bond acceptors (Lipinski definition) is 7. The van der Waals surface area contributed by atoms with Gasteiger partial charge in [0.2, 0.25) is 11.8 Å². The van der Waals surface area contributed by atoms with E-state index < -0.39 is 48.3 Å². The molecular weight excluding hydrogens is 368 g/mol. The number of hydrogen-bond donors (Lipinski definition) is 8. The molecule has 148 valence electrons. The minimum atomic E-state index is -1.48. The smallest absolute Gasteiger partial charge is 0.326 e. The zero-order valence-electron chi connectivity index (χ0n) is 13.9. The molecule has 0 saturated carbocycles. The number of carbonyl (C=O) groups is 4. The van der Waals surface area contributed by atoms with Gasteiger partial charge in [0.15, 0.2) is 5.96 Å². The number of nitrogens with zero attached hydrogens (tertiary/aromatic N) is 1. The highest BCUT2D eigenvalue weighted by Crippen LogP contribution is 2.02. The van der Waals surface area contributed by atoms with Gasteiger partial charge in [-0.2, -0.15) is 12.6 Å². The molecule has 3 atom stereocenters. The van der Waals surface area contributed by atoms with Crippen LogP contribution >= 0.6 is 12.6 Å². The molecule has 0 aromatic heterocycles. The molecule has 0 aromatic carbocycles. The minimum absolute atomic E-state index is 0.00173. The summed E-state index contributed by atoms with van der Waals surface area (Å²) in [7, 11) is 0. The lowest BCUT2D eigenvalue weighted by atomic mass is 10.1. The normalized spacial score (nSPS) is 13.8. The molecule has 0 fully saturated rings. The first-order valence-electron chi connectivity index (χ1n) is 7.55. The molecule has 13 heteroatoms. The third kappa shape index (κ3) is 9.68. The number of nitrogens with two attached hydrogens (primary N) is 3. The summed E-state index contributed by atoms with van der Waals surface area (Å²) >= 11 is 3.83. The number of carboxylic acid groups (broad SMARTS) is 2. The fraction of sp³-hybridized carbons (Fsp3) is 0.615. The van der Waals surface area contributed by atoms with Crippen LogP contribution in [-0.2, 0) is 19.2 Å². The first kappa shape index (κ1) is 23.5. The minimum Gasteiger partial charge on any atom is -0.481 e. The molecule has 0 aliphatic rings. The molecule has 0 aromatic rings. The van der Waals surface area contributed by atoms with Gasteiger partial charge in [-0.05, 0) is 12.8 Å². The van der Waals surface area contributed by atoms with Crippen molar-refractivity contribution in [3.05, 3.63) is 0 Å². The molecule has 0 aliphatic heterocycles. The number of guanidine groups is 1. The molecule has 0 aliphatic carbocycles. The van der Waals surface area contributed by atoms with Crippen LogP contribution < -0.4 is 27.8 Å². The number of amides is 2. The molecule has 10 N–H and O–H groups in total. The first-order valence-corrected chi connectivity index (χ1v) is 8.18. The summed E-state index contributed by atoms with van der Waals surface area (Å²) in [6.07, 6.45) is -0.478. The summed E-state index contributed by atoms with van der Waals surface area (Å²) in [6, 6.07) is -3.83. The number of carboxylic acids is 2. The lowest BCUT2D eigenvalue weighted by molar-refractivity contribution is -0.143. The Morgan fingerprint density at radius 1 is 1.04 bits per heavy atom. The van der Waals surface area contributed by atoms with Crippen molar-refractivity contribution in [1.82, 2.24) is 10.6 Å². The van der Waals surface area contributed by atoms with Crippen LogP contribution in [0.5, 0.6) is 0 Å². The Morgan fingerprint density at radius 3 is 2.08 bits per heavy atom. The van der Waals surface area contributed by atoms with Crippen LogP contribution in [0.2, 0.25) is 0 Å². The molecule has 0 spiro atoms. The maximum Gasteiger partial charge on any atom is 0.326 e. The van der Waals surface area contributed by atoms with Gasteiger partial charge in [-0.1, -0.05) is 0 Å². The second-order valence-corrected chi connectivity index (χ2v) is 5.66. The van der Waals surface area contributed by atoms with E-state index in [1.807, 2.05) is 0 Å². The summed E-state index contributed by atoms with van der Waals surface area (Å²) in [5.41, 5.74) is 15.8. The van der Waals surface area contributed by atoms with E-state index in [-0.39, 0.29) is 31.1 Å². The van der Waals surface area contributed by atoms with E-state index in [1.54, 1.807) is 0 Å². The summed E-state index contributed by atoms with van der Waals surface area (Å²) in [6.45, 7) is 0.161. The van der Waals surface area contributed by atoms with Gasteiger partial charge in [-0.25, -0.2) is 4.79 Å². The second-order valence-electron chi connectivity index (χ2n) is 5.30. The van der Waals surface area contributed by atoms with Crippen molar-refractivity contribution < 1.29 is 29.4 Å². The van der Waals surface area contributed by atoms with Crippen LogP contribution in [-0.4, -0.2) is 70.3 Å². The zero-order valence-corrected chi connectivity index (χ0v) is 14.8. The third-order valence-electron chi connectivity index (χ3n) is 3.11. The van der Waals surface area contributed by atoms with Crippen LogP contribution in [0.1, 0.15) is 19.3 Å². The van der Waals surface area contributed by atoms with Gasteiger partial charge < -0.3 is 38.0 Å². The second kappa shape index (κ2) is 11.9. The maximum absolute atomic E-state index is 12.2. The van der Waals surface area contributed by atoms with Crippen molar-refractivity contribution in [1.29, 1.82) is 0 Å². The maximum atomic E-state index is 12.2. The van der Waals surface area contributed by atoms with Gasteiger partial charge in [0, 0.05) is 12.3 Å². The van der Waals surface area contributed by atoms with Crippen molar-refractivity contribution in [3.63, 3.8) is 0 Å². The van der Waals surface area contributed by atoms with E-state index in [1.165, 1.54) is 0 Å². The van der Waals surface area contributed by atoms with Gasteiger partial charge in [-0.3, -0.25) is 19.4 Å². The lowest BCUT2D eigenvalue weighted by Gasteiger charge is -2.21. The SMILES string of the molecule is NC(N)=NCCCC(NC(=O)C(CC(=O)O)NC(=O)C(N)CS)C(=O)O. The monoisotopic (exact) mass is 392 g/mol. The Labute approximate surface area is 155 Å². The average molecular weight is 392 g/mol. The van der Waals surface area contributed by atoms with E-state index in [9.17, 15) is 19.2 Å². The summed E-state index contributed by atoms with van der Waals surface area (Å²) in [5, 5.41) is 22.4. The van der Waals surface area contributed by atoms with Gasteiger partial charge in [0.05, 0.1) is 12.5 Å². The molecule has 12 nitrogen and oxygen atoms in total. The highest BCUT2D eigenvalue weighted by atomic mass is 32.1. The molecule has 26 heavy (non-hydrogen) atoms.